The second kappa shape index (κ2) is 8.46. The molecule has 168 valence electrons. The number of hydrogen-bond donors (Lipinski definition) is 2. The molecule has 0 spiro atoms. The van der Waals surface area contributed by atoms with E-state index in [0.717, 1.165) is 25.7 Å². The van der Waals surface area contributed by atoms with Crippen LogP contribution in [0.1, 0.15) is 46.9 Å². The molecule has 0 aliphatic carbocycles. The third-order valence-electron chi connectivity index (χ3n) is 5.99. The van der Waals surface area contributed by atoms with Crippen LogP contribution in [0.3, 0.4) is 0 Å². The van der Waals surface area contributed by atoms with Crippen molar-refractivity contribution in [2.75, 3.05) is 26.0 Å². The van der Waals surface area contributed by atoms with E-state index in [2.05, 4.69) is 0 Å². The molecular formula is C22H27NO6S2. The van der Waals surface area contributed by atoms with Crippen LogP contribution < -0.4 is 4.74 Å². The van der Waals surface area contributed by atoms with Gasteiger partial charge in [0.25, 0.3) is 5.91 Å². The fourth-order valence-corrected chi connectivity index (χ4v) is 8.82. The summed E-state index contributed by atoms with van der Waals surface area (Å²) in [5.41, 5.74) is 0.445. The van der Waals surface area contributed by atoms with Crippen molar-refractivity contribution in [1.82, 2.24) is 4.90 Å². The summed E-state index contributed by atoms with van der Waals surface area (Å²) < 4.78 is 53.8. The van der Waals surface area contributed by atoms with Crippen molar-refractivity contribution in [1.29, 1.82) is 0 Å². The molecular weight excluding hydrogens is 438 g/mol. The second-order valence-electron chi connectivity index (χ2n) is 7.94. The van der Waals surface area contributed by atoms with Crippen LogP contribution >= 0.6 is 10.6 Å². The van der Waals surface area contributed by atoms with Crippen molar-refractivity contribution >= 4 is 26.3 Å². The number of hydrogen-bond acceptors (Lipinski definition) is 6. The summed E-state index contributed by atoms with van der Waals surface area (Å²) in [6.07, 6.45) is 3.99. The molecule has 31 heavy (non-hydrogen) atoms. The van der Waals surface area contributed by atoms with E-state index in [1.165, 1.54) is 31.4 Å². The summed E-state index contributed by atoms with van der Waals surface area (Å²) in [5.74, 6) is -0.452. The molecule has 0 radical (unpaired) electrons. The van der Waals surface area contributed by atoms with Gasteiger partial charge in [0.05, 0.1) is 28.2 Å². The van der Waals surface area contributed by atoms with Crippen LogP contribution in [0, 0.1) is 0 Å². The van der Waals surface area contributed by atoms with Gasteiger partial charge < -0.3 is 9.64 Å². The minimum Gasteiger partial charge on any atom is -0.496 e. The summed E-state index contributed by atoms with van der Waals surface area (Å²) in [6, 6.07) is 10.9. The third-order valence-corrected chi connectivity index (χ3v) is 10.1. The van der Waals surface area contributed by atoms with E-state index in [0.29, 0.717) is 13.1 Å². The standard InChI is InChI=1S/C22H27NO6S2/c1-29-21-17(22(24)23-13-7-2-3-8-14-23)11-12-18-20(21)19(15-30(18,25)26)31(27,28)16-9-5-4-6-10-16/h4-6,9-12,19,25-26H,2-3,7-8,13-15H2,1H3. The zero-order valence-electron chi connectivity index (χ0n) is 17.4. The molecule has 7 nitrogen and oxygen atoms in total. The maximum absolute atomic E-state index is 13.4. The van der Waals surface area contributed by atoms with Gasteiger partial charge in [-0.3, -0.25) is 13.9 Å². The average Bonchev–Trinajstić information content (AvgIpc) is 2.93. The molecule has 2 aromatic carbocycles. The van der Waals surface area contributed by atoms with Crippen molar-refractivity contribution in [2.24, 2.45) is 0 Å². The highest BCUT2D eigenvalue weighted by molar-refractivity contribution is 8.25. The Kier molecular flexibility index (Phi) is 6.04. The van der Waals surface area contributed by atoms with Gasteiger partial charge in [0.15, 0.2) is 9.84 Å². The minimum absolute atomic E-state index is 0.0920. The Bertz CT molecular complexity index is 1080. The molecule has 1 saturated heterocycles. The van der Waals surface area contributed by atoms with Crippen LogP contribution in [0.15, 0.2) is 52.3 Å². The topological polar surface area (TPSA) is 104 Å². The molecule has 1 unspecified atom stereocenters. The predicted molar refractivity (Wildman–Crippen MR) is 120 cm³/mol. The molecule has 2 N–H and O–H groups in total. The van der Waals surface area contributed by atoms with Gasteiger partial charge in [-0.25, -0.2) is 8.42 Å². The Hall–Kier alpha value is -2.07. The van der Waals surface area contributed by atoms with Gasteiger partial charge in [-0.1, -0.05) is 31.0 Å². The van der Waals surface area contributed by atoms with Crippen molar-refractivity contribution in [3.05, 3.63) is 53.6 Å². The zero-order valence-corrected chi connectivity index (χ0v) is 19.0. The summed E-state index contributed by atoms with van der Waals surface area (Å²) in [5, 5.41) is -1.21. The summed E-state index contributed by atoms with van der Waals surface area (Å²) in [6.45, 7) is 1.28. The van der Waals surface area contributed by atoms with Crippen molar-refractivity contribution in [3.8, 4) is 5.75 Å². The molecule has 2 aliphatic heterocycles. The molecule has 1 fully saturated rings. The first kappa shape index (κ1) is 22.1. The molecule has 2 aromatic rings. The summed E-state index contributed by atoms with van der Waals surface area (Å²) in [7, 11) is -5.89. The second-order valence-corrected chi connectivity index (χ2v) is 12.2. The lowest BCUT2D eigenvalue weighted by molar-refractivity contribution is 0.0758. The Morgan fingerprint density at radius 1 is 1.03 bits per heavy atom. The normalized spacial score (nSPS) is 21.8. The lowest BCUT2D eigenvalue weighted by atomic mass is 10.0. The van der Waals surface area contributed by atoms with E-state index < -0.39 is 25.7 Å². The highest BCUT2D eigenvalue weighted by Crippen LogP contribution is 2.63. The van der Waals surface area contributed by atoms with E-state index in [4.69, 9.17) is 4.74 Å². The van der Waals surface area contributed by atoms with Crippen LogP contribution in [-0.4, -0.2) is 54.3 Å². The van der Waals surface area contributed by atoms with E-state index >= 15 is 0 Å². The van der Waals surface area contributed by atoms with Crippen LogP contribution in [-0.2, 0) is 9.84 Å². The lowest BCUT2D eigenvalue weighted by Gasteiger charge is -2.28. The number of likely N-dealkylation sites (tertiary alicyclic amines) is 1. The number of sulfone groups is 1. The van der Waals surface area contributed by atoms with Gasteiger partial charge >= 0.3 is 0 Å². The number of benzene rings is 2. The summed E-state index contributed by atoms with van der Waals surface area (Å²) >= 11 is 0. The largest absolute Gasteiger partial charge is 0.496 e. The van der Waals surface area contributed by atoms with Gasteiger partial charge in [0, 0.05) is 18.7 Å². The maximum atomic E-state index is 13.4. The summed E-state index contributed by atoms with van der Waals surface area (Å²) in [4.78, 5) is 15.3. The van der Waals surface area contributed by atoms with Crippen molar-refractivity contribution < 1.29 is 27.1 Å². The lowest BCUT2D eigenvalue weighted by Crippen LogP contribution is -2.32. The average molecular weight is 466 g/mol. The predicted octanol–water partition coefficient (Wildman–Crippen LogP) is 4.35. The number of fused-ring (bicyclic) bond motifs is 1. The first-order valence-corrected chi connectivity index (χ1v) is 13.6. The monoisotopic (exact) mass is 465 g/mol. The molecule has 1 atom stereocenters. The Balaban J connectivity index is 1.84. The first-order chi connectivity index (χ1) is 14.8. The quantitative estimate of drug-likeness (QED) is 0.696. The molecule has 4 rings (SSSR count). The maximum Gasteiger partial charge on any atom is 0.257 e. The Labute approximate surface area is 184 Å². The van der Waals surface area contributed by atoms with E-state index in [1.807, 2.05) is 0 Å². The van der Waals surface area contributed by atoms with Crippen molar-refractivity contribution in [2.45, 2.75) is 40.7 Å². The van der Waals surface area contributed by atoms with Gasteiger partial charge in [0.2, 0.25) is 0 Å². The van der Waals surface area contributed by atoms with Gasteiger partial charge in [-0.05, 0) is 37.1 Å². The van der Waals surface area contributed by atoms with Gasteiger partial charge in [0.1, 0.15) is 11.0 Å². The smallest absolute Gasteiger partial charge is 0.257 e. The molecule has 9 heteroatoms. The molecule has 1 amide bonds. The van der Waals surface area contributed by atoms with Crippen molar-refractivity contribution in [3.63, 3.8) is 0 Å². The van der Waals surface area contributed by atoms with E-state index in [9.17, 15) is 22.3 Å². The number of amides is 1. The number of rotatable bonds is 4. The van der Waals surface area contributed by atoms with Gasteiger partial charge in [-0.2, -0.15) is 10.6 Å². The molecule has 2 aliphatic rings. The first-order valence-electron chi connectivity index (χ1n) is 10.3. The highest BCUT2D eigenvalue weighted by Gasteiger charge is 2.46. The van der Waals surface area contributed by atoms with Crippen LogP contribution in [0.25, 0.3) is 0 Å². The third kappa shape index (κ3) is 3.95. The van der Waals surface area contributed by atoms with Crippen LogP contribution in [0.2, 0.25) is 0 Å². The molecule has 0 bridgehead atoms. The molecule has 2 heterocycles. The van der Waals surface area contributed by atoms with Crippen LogP contribution in [0.4, 0.5) is 0 Å². The highest BCUT2D eigenvalue weighted by atomic mass is 32.3. The van der Waals surface area contributed by atoms with Crippen LogP contribution in [0.5, 0.6) is 5.75 Å². The Morgan fingerprint density at radius 2 is 1.68 bits per heavy atom. The Morgan fingerprint density at radius 3 is 2.29 bits per heavy atom. The number of methoxy groups -OCH3 is 1. The minimum atomic E-state index is -3.93. The van der Waals surface area contributed by atoms with E-state index in [1.54, 1.807) is 23.1 Å². The molecule has 0 aromatic heterocycles. The molecule has 0 saturated carbocycles. The fraction of sp³-hybridized carbons (Fsp3) is 0.409. The number of carbonyl (C=O) groups excluding carboxylic acids is 1. The SMILES string of the molecule is COc1c(C(=O)N2CCCCCC2)ccc2c1C(S(=O)(=O)c1ccccc1)CS2(O)O. The fourth-order valence-electron chi connectivity index (χ4n) is 4.41. The number of nitrogens with zero attached hydrogens (tertiary/aromatic N) is 1. The van der Waals surface area contributed by atoms with Gasteiger partial charge in [-0.15, -0.1) is 0 Å². The van der Waals surface area contributed by atoms with E-state index in [-0.39, 0.29) is 38.3 Å². The zero-order chi connectivity index (χ0) is 22.2. The number of carbonyl (C=O) groups is 1. The number of ether oxygens (including phenoxy) is 1.